The molecule has 9 nitrogen and oxygen atoms in total. The van der Waals surface area contributed by atoms with E-state index in [9.17, 15) is 13.2 Å². The van der Waals surface area contributed by atoms with E-state index in [0.29, 0.717) is 36.7 Å². The van der Waals surface area contributed by atoms with Gasteiger partial charge in [0.15, 0.2) is 15.4 Å². The van der Waals surface area contributed by atoms with Crippen molar-refractivity contribution in [1.82, 2.24) is 9.88 Å². The van der Waals surface area contributed by atoms with E-state index < -0.39 is 9.84 Å². The highest BCUT2D eigenvalue weighted by Gasteiger charge is 2.24. The Morgan fingerprint density at radius 3 is 2.53 bits per heavy atom. The minimum Gasteiger partial charge on any atom is -0.493 e. The zero-order chi connectivity index (χ0) is 24.3. The Balaban J connectivity index is 1.28. The van der Waals surface area contributed by atoms with Gasteiger partial charge in [-0.05, 0) is 75.1 Å². The zero-order valence-corrected chi connectivity index (χ0v) is 20.3. The van der Waals surface area contributed by atoms with Gasteiger partial charge < -0.3 is 24.1 Å². The van der Waals surface area contributed by atoms with Gasteiger partial charge >= 0.3 is 6.09 Å². The van der Waals surface area contributed by atoms with E-state index in [4.69, 9.17) is 13.9 Å². The summed E-state index contributed by atoms with van der Waals surface area (Å²) in [5.74, 6) is 1.14. The second-order valence-electron chi connectivity index (χ2n) is 8.74. The molecule has 0 unspecified atom stereocenters. The van der Waals surface area contributed by atoms with Crippen LogP contribution in [0, 0.1) is 5.92 Å². The van der Waals surface area contributed by atoms with E-state index in [0.717, 1.165) is 30.5 Å². The summed E-state index contributed by atoms with van der Waals surface area (Å²) in [4.78, 5) is 18.3. The Labute approximate surface area is 199 Å². The lowest BCUT2D eigenvalue weighted by Crippen LogP contribution is -2.40. The summed E-state index contributed by atoms with van der Waals surface area (Å²) in [5, 5.41) is 3.08. The summed E-state index contributed by atoms with van der Waals surface area (Å²) >= 11 is 0. The van der Waals surface area contributed by atoms with Gasteiger partial charge in [0, 0.05) is 25.0 Å². The lowest BCUT2D eigenvalue weighted by Gasteiger charge is -2.31. The van der Waals surface area contributed by atoms with E-state index in [1.807, 2.05) is 38.1 Å². The van der Waals surface area contributed by atoms with E-state index in [1.54, 1.807) is 11.0 Å². The number of hydrogen-bond donors (Lipinski definition) is 1. The van der Waals surface area contributed by atoms with Crippen LogP contribution in [0.3, 0.4) is 0 Å². The molecule has 3 aromatic rings. The average Bonchev–Trinajstić information content (AvgIpc) is 3.19. The van der Waals surface area contributed by atoms with Crippen molar-refractivity contribution >= 4 is 38.7 Å². The number of amides is 1. The van der Waals surface area contributed by atoms with Gasteiger partial charge in [-0.25, -0.2) is 13.2 Å². The molecule has 2 aromatic carbocycles. The summed E-state index contributed by atoms with van der Waals surface area (Å²) < 4.78 is 40.3. The normalized spacial score (nSPS) is 15.0. The Kier molecular flexibility index (Phi) is 6.97. The van der Waals surface area contributed by atoms with Crippen molar-refractivity contribution in [2.24, 2.45) is 5.92 Å². The first-order chi connectivity index (χ1) is 16.2. The summed E-state index contributed by atoms with van der Waals surface area (Å²) in [5.41, 5.74) is 1.73. The second kappa shape index (κ2) is 9.92. The van der Waals surface area contributed by atoms with Gasteiger partial charge in [-0.1, -0.05) is 0 Å². The highest BCUT2D eigenvalue weighted by molar-refractivity contribution is 7.90. The number of ether oxygens (including phenoxy) is 2. The van der Waals surface area contributed by atoms with Crippen LogP contribution >= 0.6 is 0 Å². The number of nitrogens with one attached hydrogen (secondary N) is 1. The molecule has 0 atom stereocenters. The molecule has 2 heterocycles. The smallest absolute Gasteiger partial charge is 0.410 e. The van der Waals surface area contributed by atoms with Crippen molar-refractivity contribution in [1.29, 1.82) is 0 Å². The molecule has 1 fully saturated rings. The first-order valence-electron chi connectivity index (χ1n) is 11.2. The predicted molar refractivity (Wildman–Crippen MR) is 128 cm³/mol. The first-order valence-corrected chi connectivity index (χ1v) is 13.1. The molecule has 0 spiro atoms. The van der Waals surface area contributed by atoms with Crippen LogP contribution in [-0.2, 0) is 14.6 Å². The number of carbonyl (C=O) groups excluding carboxylic acids is 1. The highest BCUT2D eigenvalue weighted by Crippen LogP contribution is 2.26. The minimum absolute atomic E-state index is 0.110. The molecule has 0 bridgehead atoms. The molecule has 1 aliphatic heterocycles. The van der Waals surface area contributed by atoms with Crippen molar-refractivity contribution in [2.75, 3.05) is 31.3 Å². The number of carbonyl (C=O) groups is 1. The summed E-state index contributed by atoms with van der Waals surface area (Å²) in [7, 11) is -3.31. The van der Waals surface area contributed by atoms with Crippen molar-refractivity contribution in [2.45, 2.75) is 37.7 Å². The number of sulfone groups is 1. The molecule has 0 radical (unpaired) electrons. The number of fused-ring (bicyclic) bond motifs is 1. The third kappa shape index (κ3) is 5.99. The highest BCUT2D eigenvalue weighted by atomic mass is 32.2. The maximum absolute atomic E-state index is 12.0. The number of benzene rings is 2. The third-order valence-corrected chi connectivity index (χ3v) is 6.70. The molecule has 1 N–H and O–H groups in total. The number of rotatable bonds is 7. The maximum Gasteiger partial charge on any atom is 0.410 e. The summed E-state index contributed by atoms with van der Waals surface area (Å²) in [6.07, 6.45) is 2.56. The molecule has 1 aromatic heterocycles. The van der Waals surface area contributed by atoms with Gasteiger partial charge in [-0.2, -0.15) is 4.98 Å². The molecule has 34 heavy (non-hydrogen) atoms. The Hall–Kier alpha value is -3.27. The number of likely N-dealkylation sites (tertiary alicyclic amines) is 1. The fourth-order valence-corrected chi connectivity index (χ4v) is 4.36. The predicted octanol–water partition coefficient (Wildman–Crippen LogP) is 4.61. The molecule has 4 rings (SSSR count). The van der Waals surface area contributed by atoms with E-state index in [-0.39, 0.29) is 23.1 Å². The largest absolute Gasteiger partial charge is 0.493 e. The fraction of sp³-hybridized carbons (Fsp3) is 0.417. The number of hydrogen-bond acceptors (Lipinski definition) is 8. The minimum atomic E-state index is -3.31. The summed E-state index contributed by atoms with van der Waals surface area (Å²) in [6, 6.07) is 12.3. The van der Waals surface area contributed by atoms with Crippen LogP contribution in [0.1, 0.15) is 26.7 Å². The van der Waals surface area contributed by atoms with Crippen LogP contribution in [0.2, 0.25) is 0 Å². The monoisotopic (exact) mass is 487 g/mol. The molecule has 10 heteroatoms. The average molecular weight is 488 g/mol. The third-order valence-electron chi connectivity index (χ3n) is 5.59. The van der Waals surface area contributed by atoms with Crippen molar-refractivity contribution in [3.63, 3.8) is 0 Å². The number of anilines is 2. The quantitative estimate of drug-likeness (QED) is 0.514. The fourth-order valence-electron chi connectivity index (χ4n) is 3.72. The molecule has 1 aliphatic rings. The van der Waals surface area contributed by atoms with Gasteiger partial charge in [-0.15, -0.1) is 0 Å². The van der Waals surface area contributed by atoms with Gasteiger partial charge in [0.05, 0.1) is 17.6 Å². The molecule has 1 saturated heterocycles. The van der Waals surface area contributed by atoms with E-state index in [2.05, 4.69) is 10.3 Å². The summed E-state index contributed by atoms with van der Waals surface area (Å²) in [6.45, 7) is 5.65. The van der Waals surface area contributed by atoms with Crippen LogP contribution in [0.5, 0.6) is 5.75 Å². The number of piperidine rings is 1. The Bertz CT molecular complexity index is 1250. The van der Waals surface area contributed by atoms with E-state index in [1.165, 1.54) is 12.1 Å². The van der Waals surface area contributed by atoms with Crippen molar-refractivity contribution < 1.29 is 27.1 Å². The molecule has 1 amide bonds. The standard InChI is InChI=1S/C24H29N3O6S/c1-16(2)32-24(28)27-12-10-17(11-13-27)15-31-19-6-4-18(5-7-19)25-23-26-21-14-20(34(3,29)30)8-9-22(21)33-23/h4-9,14,16-17H,10-13,15H2,1-3H3,(H,25,26). The van der Waals surface area contributed by atoms with Gasteiger partial charge in [0.2, 0.25) is 0 Å². The molecular weight excluding hydrogens is 458 g/mol. The van der Waals surface area contributed by atoms with Crippen LogP contribution in [0.15, 0.2) is 51.8 Å². The van der Waals surface area contributed by atoms with Gasteiger partial charge in [0.1, 0.15) is 11.3 Å². The Morgan fingerprint density at radius 2 is 1.88 bits per heavy atom. The van der Waals surface area contributed by atoms with Crippen LogP contribution in [-0.4, -0.2) is 56.5 Å². The molecule has 182 valence electrons. The molecule has 0 saturated carbocycles. The van der Waals surface area contributed by atoms with Gasteiger partial charge in [0.25, 0.3) is 6.01 Å². The number of aromatic nitrogens is 1. The first kappa shape index (κ1) is 23.9. The maximum atomic E-state index is 12.0. The molecule has 0 aliphatic carbocycles. The van der Waals surface area contributed by atoms with Crippen LogP contribution < -0.4 is 10.1 Å². The van der Waals surface area contributed by atoms with Crippen LogP contribution in [0.25, 0.3) is 11.1 Å². The lowest BCUT2D eigenvalue weighted by molar-refractivity contribution is 0.0608. The SMILES string of the molecule is CC(C)OC(=O)N1CCC(COc2ccc(Nc3nc4cc(S(C)(=O)=O)ccc4o3)cc2)CC1. The second-order valence-corrected chi connectivity index (χ2v) is 10.8. The number of nitrogens with zero attached hydrogens (tertiary/aromatic N) is 2. The number of oxazole rings is 1. The molecular formula is C24H29N3O6S. The van der Waals surface area contributed by atoms with Crippen molar-refractivity contribution in [3.05, 3.63) is 42.5 Å². The van der Waals surface area contributed by atoms with Gasteiger partial charge in [-0.3, -0.25) is 0 Å². The topological polar surface area (TPSA) is 111 Å². The lowest BCUT2D eigenvalue weighted by atomic mass is 9.98. The zero-order valence-electron chi connectivity index (χ0n) is 19.5. The van der Waals surface area contributed by atoms with Crippen molar-refractivity contribution in [3.8, 4) is 5.75 Å². The Morgan fingerprint density at radius 1 is 1.18 bits per heavy atom. The van der Waals surface area contributed by atoms with Crippen LogP contribution in [0.4, 0.5) is 16.5 Å². The van der Waals surface area contributed by atoms with E-state index >= 15 is 0 Å².